The van der Waals surface area contributed by atoms with Crippen LogP contribution in [-0.4, -0.2) is 46.8 Å². The first-order valence-corrected chi connectivity index (χ1v) is 6.58. The highest BCUT2D eigenvalue weighted by Crippen LogP contribution is 2.35. The summed E-state index contributed by atoms with van der Waals surface area (Å²) < 4.78 is 11.0. The Morgan fingerprint density at radius 1 is 1.16 bits per heavy atom. The molecule has 4 nitrogen and oxygen atoms in total. The molecule has 0 spiro atoms. The van der Waals surface area contributed by atoms with Gasteiger partial charge in [0.25, 0.3) is 0 Å². The monoisotopic (exact) mass is 266 g/mol. The molecular weight excluding hydrogens is 240 g/mol. The molecule has 0 radical (unpaired) electrons. The van der Waals surface area contributed by atoms with Crippen molar-refractivity contribution in [1.82, 2.24) is 10.2 Å². The van der Waals surface area contributed by atoms with Crippen LogP contribution in [0.3, 0.4) is 0 Å². The minimum absolute atomic E-state index is 0.303. The Morgan fingerprint density at radius 2 is 1.79 bits per heavy atom. The smallest absolute Gasteiger partial charge is 0.124 e. The van der Waals surface area contributed by atoms with Crippen LogP contribution >= 0.6 is 0 Å². The van der Waals surface area contributed by atoms with E-state index in [0.717, 1.165) is 30.0 Å². The van der Waals surface area contributed by atoms with Gasteiger partial charge in [-0.3, -0.25) is 0 Å². The summed E-state index contributed by atoms with van der Waals surface area (Å²) in [6, 6.07) is 4.44. The van der Waals surface area contributed by atoms with Crippen LogP contribution in [0.1, 0.15) is 23.6 Å². The maximum atomic E-state index is 5.53. The van der Waals surface area contributed by atoms with Gasteiger partial charge in [-0.1, -0.05) is 0 Å². The zero-order valence-electron chi connectivity index (χ0n) is 12.9. The van der Waals surface area contributed by atoms with Gasteiger partial charge < -0.3 is 19.7 Å². The number of hydrogen-bond donors (Lipinski definition) is 1. The molecule has 19 heavy (non-hydrogen) atoms. The molecule has 1 unspecified atom stereocenters. The Hall–Kier alpha value is -1.26. The van der Waals surface area contributed by atoms with Crippen molar-refractivity contribution in [3.8, 4) is 11.5 Å². The van der Waals surface area contributed by atoms with Crippen LogP contribution in [-0.2, 0) is 0 Å². The molecule has 0 aromatic heterocycles. The highest BCUT2D eigenvalue weighted by Gasteiger charge is 2.20. The first kappa shape index (κ1) is 15.8. The molecule has 0 heterocycles. The molecule has 0 aliphatic rings. The van der Waals surface area contributed by atoms with E-state index in [1.54, 1.807) is 14.2 Å². The van der Waals surface area contributed by atoms with Crippen molar-refractivity contribution in [2.24, 2.45) is 0 Å². The fourth-order valence-corrected chi connectivity index (χ4v) is 2.31. The number of nitrogens with one attached hydrogen (secondary N) is 1. The summed E-state index contributed by atoms with van der Waals surface area (Å²) in [6.45, 7) is 2.99. The van der Waals surface area contributed by atoms with E-state index in [2.05, 4.69) is 30.4 Å². The first-order chi connectivity index (χ1) is 9.04. The lowest BCUT2D eigenvalue weighted by molar-refractivity contribution is 0.272. The fraction of sp³-hybridized carbons (Fsp3) is 0.600. The van der Waals surface area contributed by atoms with Crippen LogP contribution in [0, 0.1) is 6.92 Å². The minimum atomic E-state index is 0.303. The first-order valence-electron chi connectivity index (χ1n) is 6.58. The van der Waals surface area contributed by atoms with E-state index in [0.29, 0.717) is 6.04 Å². The van der Waals surface area contributed by atoms with Gasteiger partial charge in [-0.25, -0.2) is 0 Å². The summed E-state index contributed by atoms with van der Waals surface area (Å²) in [5.74, 6) is 1.83. The standard InChI is InChI=1S/C15H26N2O2/c1-11-9-15(19-6)12(10-14(11)18-5)13(17(3)4)7-8-16-2/h9-10,13,16H,7-8H2,1-6H3. The largest absolute Gasteiger partial charge is 0.496 e. The van der Waals surface area contributed by atoms with E-state index in [9.17, 15) is 0 Å². The van der Waals surface area contributed by atoms with Crippen LogP contribution in [0.15, 0.2) is 12.1 Å². The Labute approximate surface area is 116 Å². The third-order valence-corrected chi connectivity index (χ3v) is 3.40. The molecule has 0 aliphatic heterocycles. The van der Waals surface area contributed by atoms with Crippen LogP contribution in [0.2, 0.25) is 0 Å². The predicted molar refractivity (Wildman–Crippen MR) is 79.3 cm³/mol. The molecule has 1 aromatic carbocycles. The van der Waals surface area contributed by atoms with E-state index >= 15 is 0 Å². The molecule has 0 saturated carbocycles. The normalized spacial score (nSPS) is 12.6. The Kier molecular flexibility index (Phi) is 6.12. The second-order valence-electron chi connectivity index (χ2n) is 4.94. The minimum Gasteiger partial charge on any atom is -0.496 e. The van der Waals surface area contributed by atoms with Gasteiger partial charge in [0, 0.05) is 11.6 Å². The molecule has 1 aromatic rings. The maximum Gasteiger partial charge on any atom is 0.124 e. The lowest BCUT2D eigenvalue weighted by Gasteiger charge is -2.27. The van der Waals surface area contributed by atoms with Crippen molar-refractivity contribution >= 4 is 0 Å². The lowest BCUT2D eigenvalue weighted by atomic mass is 9.99. The molecule has 4 heteroatoms. The Bertz CT molecular complexity index is 405. The van der Waals surface area contributed by atoms with Crippen molar-refractivity contribution in [3.05, 3.63) is 23.3 Å². The zero-order valence-corrected chi connectivity index (χ0v) is 12.9. The van der Waals surface area contributed by atoms with Gasteiger partial charge in [0.15, 0.2) is 0 Å². The van der Waals surface area contributed by atoms with E-state index in [-0.39, 0.29) is 0 Å². The van der Waals surface area contributed by atoms with Gasteiger partial charge in [-0.2, -0.15) is 0 Å². The van der Waals surface area contributed by atoms with Crippen molar-refractivity contribution in [2.45, 2.75) is 19.4 Å². The second-order valence-corrected chi connectivity index (χ2v) is 4.94. The van der Waals surface area contributed by atoms with Crippen molar-refractivity contribution in [3.63, 3.8) is 0 Å². The molecule has 0 saturated heterocycles. The number of rotatable bonds is 7. The Morgan fingerprint density at radius 3 is 2.26 bits per heavy atom. The maximum absolute atomic E-state index is 5.53. The zero-order chi connectivity index (χ0) is 14.4. The molecular formula is C15H26N2O2. The van der Waals surface area contributed by atoms with Gasteiger partial charge in [0.1, 0.15) is 11.5 Å². The van der Waals surface area contributed by atoms with Gasteiger partial charge in [0.05, 0.1) is 14.2 Å². The summed E-state index contributed by atoms with van der Waals surface area (Å²) in [4.78, 5) is 2.21. The van der Waals surface area contributed by atoms with Gasteiger partial charge in [-0.15, -0.1) is 0 Å². The van der Waals surface area contributed by atoms with Crippen molar-refractivity contribution < 1.29 is 9.47 Å². The molecule has 0 amide bonds. The van der Waals surface area contributed by atoms with E-state index in [4.69, 9.17) is 9.47 Å². The van der Waals surface area contributed by atoms with Crippen molar-refractivity contribution in [1.29, 1.82) is 0 Å². The summed E-state index contributed by atoms with van der Waals surface area (Å²) in [5.41, 5.74) is 2.26. The van der Waals surface area contributed by atoms with E-state index in [1.807, 2.05) is 20.0 Å². The molecule has 108 valence electrons. The number of methoxy groups -OCH3 is 2. The number of benzene rings is 1. The van der Waals surface area contributed by atoms with E-state index < -0.39 is 0 Å². The molecule has 0 bridgehead atoms. The molecule has 0 aliphatic carbocycles. The predicted octanol–water partition coefficient (Wildman–Crippen LogP) is 2.22. The number of nitrogens with zero attached hydrogens (tertiary/aromatic N) is 1. The average molecular weight is 266 g/mol. The highest BCUT2D eigenvalue weighted by atomic mass is 16.5. The van der Waals surface area contributed by atoms with E-state index in [1.165, 1.54) is 5.56 Å². The van der Waals surface area contributed by atoms with Gasteiger partial charge in [0.2, 0.25) is 0 Å². The molecule has 1 N–H and O–H groups in total. The summed E-state index contributed by atoms with van der Waals surface area (Å²) in [6.07, 6.45) is 1.02. The third-order valence-electron chi connectivity index (χ3n) is 3.40. The summed E-state index contributed by atoms with van der Waals surface area (Å²) >= 11 is 0. The average Bonchev–Trinajstić information content (AvgIpc) is 2.39. The topological polar surface area (TPSA) is 33.7 Å². The van der Waals surface area contributed by atoms with Gasteiger partial charge >= 0.3 is 0 Å². The fourth-order valence-electron chi connectivity index (χ4n) is 2.31. The number of ether oxygens (including phenoxy) is 2. The summed E-state index contributed by atoms with van der Waals surface area (Å²) in [5, 5.41) is 3.20. The third kappa shape index (κ3) is 3.85. The second kappa shape index (κ2) is 7.36. The molecule has 1 atom stereocenters. The number of hydrogen-bond acceptors (Lipinski definition) is 4. The van der Waals surface area contributed by atoms with Crippen molar-refractivity contribution in [2.75, 3.05) is 41.9 Å². The van der Waals surface area contributed by atoms with Crippen LogP contribution in [0.5, 0.6) is 11.5 Å². The van der Waals surface area contributed by atoms with Crippen LogP contribution in [0.4, 0.5) is 0 Å². The van der Waals surface area contributed by atoms with Crippen LogP contribution < -0.4 is 14.8 Å². The Balaban J connectivity index is 3.19. The molecule has 1 rings (SSSR count). The summed E-state index contributed by atoms with van der Waals surface area (Å²) in [7, 11) is 9.57. The van der Waals surface area contributed by atoms with Crippen LogP contribution in [0.25, 0.3) is 0 Å². The number of aryl methyl sites for hydroxylation is 1. The highest BCUT2D eigenvalue weighted by molar-refractivity contribution is 5.47. The van der Waals surface area contributed by atoms with Gasteiger partial charge in [-0.05, 0) is 58.7 Å². The lowest BCUT2D eigenvalue weighted by Crippen LogP contribution is -2.24. The SMILES string of the molecule is CNCCC(c1cc(OC)c(C)cc1OC)N(C)C. The molecule has 0 fully saturated rings. The quantitative estimate of drug-likeness (QED) is 0.820.